The van der Waals surface area contributed by atoms with E-state index in [0.717, 1.165) is 5.75 Å². The monoisotopic (exact) mass is 309 g/mol. The molecule has 6 nitrogen and oxygen atoms in total. The molecular weight excluding hydrogens is 286 g/mol. The maximum atomic E-state index is 11.1. The topological polar surface area (TPSA) is 80.0 Å². The Balaban J connectivity index is 1.88. The van der Waals surface area contributed by atoms with Gasteiger partial charge in [0.25, 0.3) is 0 Å². The van der Waals surface area contributed by atoms with Crippen LogP contribution in [-0.2, 0) is 19.0 Å². The normalized spacial score (nSPS) is 10.2. The molecule has 0 saturated heterocycles. The highest BCUT2D eigenvalue weighted by atomic mass is 16.6. The van der Waals surface area contributed by atoms with Crippen molar-refractivity contribution in [2.24, 2.45) is 0 Å². The van der Waals surface area contributed by atoms with Gasteiger partial charge in [-0.3, -0.25) is 0 Å². The third-order valence-electron chi connectivity index (χ3n) is 2.56. The molecule has 0 aliphatic carbocycles. The predicted octanol–water partition coefficient (Wildman–Crippen LogP) is 1.80. The number of hydrogen-bond acceptors (Lipinski definition) is 6. The quantitative estimate of drug-likeness (QED) is 0.290. The average molecular weight is 309 g/mol. The molecule has 0 atom stereocenters. The SMILES string of the molecule is C=C(C)C(=O)OCCOCCOCCOc1ccc(N)cc1. The van der Waals surface area contributed by atoms with Crippen molar-refractivity contribution < 1.29 is 23.7 Å². The lowest BCUT2D eigenvalue weighted by Gasteiger charge is -2.08. The van der Waals surface area contributed by atoms with E-state index < -0.39 is 5.97 Å². The van der Waals surface area contributed by atoms with E-state index in [1.54, 1.807) is 19.1 Å². The zero-order valence-corrected chi connectivity index (χ0v) is 12.9. The van der Waals surface area contributed by atoms with E-state index in [1.807, 2.05) is 12.1 Å². The van der Waals surface area contributed by atoms with Crippen molar-refractivity contribution in [3.63, 3.8) is 0 Å². The molecule has 0 spiro atoms. The summed E-state index contributed by atoms with van der Waals surface area (Å²) in [6, 6.07) is 7.19. The van der Waals surface area contributed by atoms with E-state index in [1.165, 1.54) is 0 Å². The fourth-order valence-corrected chi connectivity index (χ4v) is 1.42. The summed E-state index contributed by atoms with van der Waals surface area (Å²) in [4.78, 5) is 11.1. The Morgan fingerprint density at radius 1 is 1.00 bits per heavy atom. The molecule has 0 amide bonds. The van der Waals surface area contributed by atoms with E-state index in [0.29, 0.717) is 44.3 Å². The maximum Gasteiger partial charge on any atom is 0.333 e. The van der Waals surface area contributed by atoms with Crippen molar-refractivity contribution in [1.82, 2.24) is 0 Å². The van der Waals surface area contributed by atoms with E-state index >= 15 is 0 Å². The molecule has 0 radical (unpaired) electrons. The fraction of sp³-hybridized carbons (Fsp3) is 0.438. The number of rotatable bonds is 11. The predicted molar refractivity (Wildman–Crippen MR) is 83.8 cm³/mol. The Labute approximate surface area is 130 Å². The molecule has 0 aromatic heterocycles. The van der Waals surface area contributed by atoms with Crippen LogP contribution in [0.25, 0.3) is 0 Å². The summed E-state index contributed by atoms with van der Waals surface area (Å²) >= 11 is 0. The van der Waals surface area contributed by atoms with Gasteiger partial charge in [0.05, 0.1) is 26.4 Å². The highest BCUT2D eigenvalue weighted by Crippen LogP contribution is 2.12. The number of anilines is 1. The number of hydrogen-bond donors (Lipinski definition) is 1. The number of esters is 1. The van der Waals surface area contributed by atoms with E-state index in [-0.39, 0.29) is 6.61 Å². The number of ether oxygens (including phenoxy) is 4. The lowest BCUT2D eigenvalue weighted by molar-refractivity contribution is -0.140. The lowest BCUT2D eigenvalue weighted by atomic mass is 10.3. The van der Waals surface area contributed by atoms with Gasteiger partial charge in [-0.2, -0.15) is 0 Å². The molecule has 0 unspecified atom stereocenters. The van der Waals surface area contributed by atoms with Crippen LogP contribution in [0, 0.1) is 0 Å². The Morgan fingerprint density at radius 2 is 1.55 bits per heavy atom. The molecule has 0 heterocycles. The zero-order chi connectivity index (χ0) is 16.2. The number of carbonyl (C=O) groups is 1. The molecule has 1 aromatic rings. The Hall–Kier alpha value is -2.05. The lowest BCUT2D eigenvalue weighted by Crippen LogP contribution is -2.14. The van der Waals surface area contributed by atoms with Gasteiger partial charge in [0.1, 0.15) is 19.0 Å². The molecule has 22 heavy (non-hydrogen) atoms. The summed E-state index contributed by atoms with van der Waals surface area (Å²) in [6.45, 7) is 7.46. The van der Waals surface area contributed by atoms with E-state index in [9.17, 15) is 4.79 Å². The van der Waals surface area contributed by atoms with Crippen LogP contribution >= 0.6 is 0 Å². The van der Waals surface area contributed by atoms with Gasteiger partial charge in [-0.05, 0) is 31.2 Å². The van der Waals surface area contributed by atoms with Crippen LogP contribution < -0.4 is 10.5 Å². The van der Waals surface area contributed by atoms with Crippen molar-refractivity contribution in [1.29, 1.82) is 0 Å². The van der Waals surface area contributed by atoms with Gasteiger partial charge in [0.2, 0.25) is 0 Å². The average Bonchev–Trinajstić information content (AvgIpc) is 2.50. The molecule has 0 bridgehead atoms. The number of nitrogens with two attached hydrogens (primary N) is 1. The number of nitrogen functional groups attached to an aromatic ring is 1. The largest absolute Gasteiger partial charge is 0.491 e. The van der Waals surface area contributed by atoms with E-state index in [2.05, 4.69) is 6.58 Å². The van der Waals surface area contributed by atoms with Crippen LogP contribution in [-0.4, -0.2) is 45.6 Å². The first-order valence-corrected chi connectivity index (χ1v) is 7.06. The van der Waals surface area contributed by atoms with Gasteiger partial charge in [0.15, 0.2) is 0 Å². The smallest absolute Gasteiger partial charge is 0.333 e. The van der Waals surface area contributed by atoms with Crippen molar-refractivity contribution in [2.75, 3.05) is 45.4 Å². The van der Waals surface area contributed by atoms with Crippen LogP contribution in [0.5, 0.6) is 5.75 Å². The van der Waals surface area contributed by atoms with Crippen LogP contribution in [0.3, 0.4) is 0 Å². The third kappa shape index (κ3) is 8.28. The first kappa shape index (κ1) is 18.0. The molecule has 1 aromatic carbocycles. The maximum absolute atomic E-state index is 11.1. The summed E-state index contributed by atoms with van der Waals surface area (Å²) in [6.07, 6.45) is 0. The summed E-state index contributed by atoms with van der Waals surface area (Å²) in [5.41, 5.74) is 6.66. The summed E-state index contributed by atoms with van der Waals surface area (Å²) in [5.74, 6) is 0.355. The van der Waals surface area contributed by atoms with Gasteiger partial charge in [0, 0.05) is 11.3 Å². The molecule has 0 aliphatic heterocycles. The number of carbonyl (C=O) groups excluding carboxylic acids is 1. The molecule has 0 saturated carbocycles. The first-order valence-electron chi connectivity index (χ1n) is 7.06. The Bertz CT molecular complexity index is 458. The van der Waals surface area contributed by atoms with Gasteiger partial charge in [-0.15, -0.1) is 0 Å². The van der Waals surface area contributed by atoms with Crippen molar-refractivity contribution >= 4 is 11.7 Å². The summed E-state index contributed by atoms with van der Waals surface area (Å²) in [5, 5.41) is 0. The van der Waals surface area contributed by atoms with Crippen LogP contribution in [0.1, 0.15) is 6.92 Å². The second kappa shape index (κ2) is 10.6. The molecule has 122 valence electrons. The second-order valence-corrected chi connectivity index (χ2v) is 4.56. The van der Waals surface area contributed by atoms with Crippen molar-refractivity contribution in [3.8, 4) is 5.75 Å². The minimum Gasteiger partial charge on any atom is -0.491 e. The van der Waals surface area contributed by atoms with Gasteiger partial charge in [-0.25, -0.2) is 4.79 Å². The third-order valence-corrected chi connectivity index (χ3v) is 2.56. The van der Waals surface area contributed by atoms with Crippen LogP contribution in [0.4, 0.5) is 5.69 Å². The van der Waals surface area contributed by atoms with Crippen LogP contribution in [0.15, 0.2) is 36.4 Å². The summed E-state index contributed by atoms with van der Waals surface area (Å²) in [7, 11) is 0. The molecule has 0 fully saturated rings. The van der Waals surface area contributed by atoms with Crippen molar-refractivity contribution in [3.05, 3.63) is 36.4 Å². The summed E-state index contributed by atoms with van der Waals surface area (Å²) < 4.78 is 20.9. The van der Waals surface area contributed by atoms with Gasteiger partial charge >= 0.3 is 5.97 Å². The molecule has 6 heteroatoms. The molecule has 1 rings (SSSR count). The Morgan fingerprint density at radius 3 is 2.14 bits per heavy atom. The first-order chi connectivity index (χ1) is 10.6. The van der Waals surface area contributed by atoms with Crippen LogP contribution in [0.2, 0.25) is 0 Å². The second-order valence-electron chi connectivity index (χ2n) is 4.56. The molecular formula is C16H23NO5. The van der Waals surface area contributed by atoms with Crippen molar-refractivity contribution in [2.45, 2.75) is 6.92 Å². The highest BCUT2D eigenvalue weighted by molar-refractivity contribution is 5.86. The molecule has 2 N–H and O–H groups in total. The van der Waals surface area contributed by atoms with Gasteiger partial charge < -0.3 is 24.7 Å². The minimum atomic E-state index is -0.403. The highest BCUT2D eigenvalue weighted by Gasteiger charge is 2.01. The number of benzene rings is 1. The fourth-order valence-electron chi connectivity index (χ4n) is 1.42. The van der Waals surface area contributed by atoms with E-state index in [4.69, 9.17) is 24.7 Å². The zero-order valence-electron chi connectivity index (χ0n) is 12.9. The minimum absolute atomic E-state index is 0.214. The Kier molecular flexibility index (Phi) is 8.71. The standard InChI is InChI=1S/C16H23NO5/c1-13(2)16(18)22-12-10-20-8-7-19-9-11-21-15-5-3-14(17)4-6-15/h3-6H,1,7-12,17H2,2H3. The molecule has 0 aliphatic rings. The van der Waals surface area contributed by atoms with Gasteiger partial charge in [-0.1, -0.05) is 6.58 Å².